The monoisotopic (exact) mass is 241 g/mol. The molecule has 0 aliphatic carbocycles. The minimum absolute atomic E-state index is 0.336. The molecule has 0 saturated carbocycles. The summed E-state index contributed by atoms with van der Waals surface area (Å²) >= 11 is 0. The number of aromatic nitrogens is 2. The zero-order valence-electron chi connectivity index (χ0n) is 10.7. The van der Waals surface area contributed by atoms with Crippen molar-refractivity contribution in [3.8, 4) is 11.1 Å². The van der Waals surface area contributed by atoms with Crippen LogP contribution >= 0.6 is 0 Å². The lowest BCUT2D eigenvalue weighted by molar-refractivity contribution is 0.464. The molecule has 0 spiro atoms. The third kappa shape index (κ3) is 3.08. The molecule has 0 aliphatic heterocycles. The molecule has 94 valence electrons. The SMILES string of the molecule is C=CCNCC(C)n1cc(-c2ccccc2)cn1. The van der Waals surface area contributed by atoms with Crippen molar-refractivity contribution in [1.82, 2.24) is 15.1 Å². The first kappa shape index (κ1) is 12.6. The Hall–Kier alpha value is -1.87. The Morgan fingerprint density at radius 3 is 2.83 bits per heavy atom. The van der Waals surface area contributed by atoms with E-state index in [1.165, 1.54) is 5.56 Å². The fraction of sp³-hybridized carbons (Fsp3) is 0.267. The Balaban J connectivity index is 2.04. The topological polar surface area (TPSA) is 29.9 Å². The molecule has 1 aromatic carbocycles. The van der Waals surface area contributed by atoms with E-state index in [0.29, 0.717) is 6.04 Å². The van der Waals surface area contributed by atoms with Gasteiger partial charge in [0.25, 0.3) is 0 Å². The van der Waals surface area contributed by atoms with Crippen LogP contribution in [0.25, 0.3) is 11.1 Å². The molecule has 3 heteroatoms. The molecule has 1 atom stereocenters. The summed E-state index contributed by atoms with van der Waals surface area (Å²) < 4.78 is 2.00. The van der Waals surface area contributed by atoms with Gasteiger partial charge in [-0.3, -0.25) is 4.68 Å². The molecule has 0 amide bonds. The predicted octanol–water partition coefficient (Wildman–Crippen LogP) is 2.89. The van der Waals surface area contributed by atoms with Crippen molar-refractivity contribution in [2.75, 3.05) is 13.1 Å². The maximum atomic E-state index is 4.42. The largest absolute Gasteiger partial charge is 0.311 e. The molecule has 1 aromatic heterocycles. The van der Waals surface area contributed by atoms with E-state index in [-0.39, 0.29) is 0 Å². The molecule has 2 aromatic rings. The highest BCUT2D eigenvalue weighted by molar-refractivity contribution is 5.61. The Bertz CT molecular complexity index is 487. The molecule has 0 fully saturated rings. The summed E-state index contributed by atoms with van der Waals surface area (Å²) in [5.41, 5.74) is 2.36. The smallest absolute Gasteiger partial charge is 0.0615 e. The molecule has 0 saturated heterocycles. The minimum Gasteiger partial charge on any atom is -0.311 e. The normalized spacial score (nSPS) is 12.3. The summed E-state index contributed by atoms with van der Waals surface area (Å²) in [5.74, 6) is 0. The number of hydrogen-bond donors (Lipinski definition) is 1. The molecule has 0 aliphatic rings. The maximum Gasteiger partial charge on any atom is 0.0615 e. The van der Waals surface area contributed by atoms with Crippen LogP contribution < -0.4 is 5.32 Å². The van der Waals surface area contributed by atoms with Crippen LogP contribution in [0.4, 0.5) is 0 Å². The third-order valence-corrected chi connectivity index (χ3v) is 2.89. The molecule has 3 nitrogen and oxygen atoms in total. The van der Waals surface area contributed by atoms with Gasteiger partial charge in [0.15, 0.2) is 0 Å². The van der Waals surface area contributed by atoms with Crippen molar-refractivity contribution in [3.63, 3.8) is 0 Å². The minimum atomic E-state index is 0.336. The van der Waals surface area contributed by atoms with Crippen LogP contribution in [0, 0.1) is 0 Å². The molecule has 1 unspecified atom stereocenters. The van der Waals surface area contributed by atoms with Gasteiger partial charge < -0.3 is 5.32 Å². The van der Waals surface area contributed by atoms with Gasteiger partial charge >= 0.3 is 0 Å². The predicted molar refractivity (Wildman–Crippen MR) is 75.4 cm³/mol. The highest BCUT2D eigenvalue weighted by Gasteiger charge is 2.06. The molecule has 0 bridgehead atoms. The molecule has 0 radical (unpaired) electrons. The van der Waals surface area contributed by atoms with Crippen molar-refractivity contribution >= 4 is 0 Å². The zero-order valence-corrected chi connectivity index (χ0v) is 10.7. The first-order chi connectivity index (χ1) is 8.81. The Morgan fingerprint density at radius 2 is 2.11 bits per heavy atom. The van der Waals surface area contributed by atoms with Crippen molar-refractivity contribution in [1.29, 1.82) is 0 Å². The van der Waals surface area contributed by atoms with Crippen LogP contribution in [-0.4, -0.2) is 22.9 Å². The van der Waals surface area contributed by atoms with Gasteiger partial charge in [-0.1, -0.05) is 36.4 Å². The van der Waals surface area contributed by atoms with Gasteiger partial charge in [0, 0.05) is 24.8 Å². The van der Waals surface area contributed by atoms with Gasteiger partial charge in [-0.2, -0.15) is 5.10 Å². The van der Waals surface area contributed by atoms with E-state index in [2.05, 4.69) is 42.2 Å². The van der Waals surface area contributed by atoms with E-state index in [1.54, 1.807) is 0 Å². The van der Waals surface area contributed by atoms with Crippen LogP contribution in [-0.2, 0) is 0 Å². The molecule has 1 heterocycles. The van der Waals surface area contributed by atoms with E-state index in [1.807, 2.05) is 35.2 Å². The second-order valence-electron chi connectivity index (χ2n) is 4.37. The molecule has 1 N–H and O–H groups in total. The Morgan fingerprint density at radius 1 is 1.33 bits per heavy atom. The lowest BCUT2D eigenvalue weighted by Crippen LogP contribution is -2.23. The van der Waals surface area contributed by atoms with Crippen LogP contribution in [0.3, 0.4) is 0 Å². The quantitative estimate of drug-likeness (QED) is 0.622. The third-order valence-electron chi connectivity index (χ3n) is 2.89. The first-order valence-corrected chi connectivity index (χ1v) is 6.22. The van der Waals surface area contributed by atoms with Crippen molar-refractivity contribution in [3.05, 3.63) is 55.4 Å². The zero-order chi connectivity index (χ0) is 12.8. The van der Waals surface area contributed by atoms with E-state index >= 15 is 0 Å². The lowest BCUT2D eigenvalue weighted by Gasteiger charge is -2.12. The second-order valence-corrected chi connectivity index (χ2v) is 4.37. The lowest BCUT2D eigenvalue weighted by atomic mass is 10.1. The summed E-state index contributed by atoms with van der Waals surface area (Å²) in [6.45, 7) is 7.56. The average molecular weight is 241 g/mol. The van der Waals surface area contributed by atoms with E-state index in [0.717, 1.165) is 18.7 Å². The van der Waals surface area contributed by atoms with Crippen LogP contribution in [0.15, 0.2) is 55.4 Å². The Labute approximate surface area is 108 Å². The van der Waals surface area contributed by atoms with Crippen molar-refractivity contribution < 1.29 is 0 Å². The number of nitrogens with zero attached hydrogens (tertiary/aromatic N) is 2. The van der Waals surface area contributed by atoms with Crippen LogP contribution in [0.1, 0.15) is 13.0 Å². The van der Waals surface area contributed by atoms with Gasteiger partial charge in [0.1, 0.15) is 0 Å². The number of benzene rings is 1. The van der Waals surface area contributed by atoms with Gasteiger partial charge in [-0.15, -0.1) is 6.58 Å². The Kier molecular flexibility index (Phi) is 4.31. The number of nitrogens with one attached hydrogen (secondary N) is 1. The number of rotatable bonds is 6. The standard InChI is InChI=1S/C15H19N3/c1-3-9-16-10-13(2)18-12-15(11-17-18)14-7-5-4-6-8-14/h3-8,11-13,16H,1,9-10H2,2H3. The van der Waals surface area contributed by atoms with Crippen LogP contribution in [0.2, 0.25) is 0 Å². The fourth-order valence-corrected chi connectivity index (χ4v) is 1.85. The second kappa shape index (κ2) is 6.17. The van der Waals surface area contributed by atoms with Crippen molar-refractivity contribution in [2.45, 2.75) is 13.0 Å². The van der Waals surface area contributed by atoms with Gasteiger partial charge in [0.2, 0.25) is 0 Å². The first-order valence-electron chi connectivity index (χ1n) is 6.22. The van der Waals surface area contributed by atoms with Gasteiger partial charge in [0.05, 0.1) is 12.2 Å². The molecule has 18 heavy (non-hydrogen) atoms. The molecular formula is C15H19N3. The summed E-state index contributed by atoms with van der Waals surface area (Å²) in [4.78, 5) is 0. The summed E-state index contributed by atoms with van der Waals surface area (Å²) in [6, 6.07) is 10.6. The average Bonchev–Trinajstić information content (AvgIpc) is 2.89. The molecule has 2 rings (SSSR count). The maximum absolute atomic E-state index is 4.42. The van der Waals surface area contributed by atoms with Crippen LogP contribution in [0.5, 0.6) is 0 Å². The summed E-state index contributed by atoms with van der Waals surface area (Å²) in [6.07, 6.45) is 5.88. The fourth-order valence-electron chi connectivity index (χ4n) is 1.85. The highest BCUT2D eigenvalue weighted by Crippen LogP contribution is 2.19. The van der Waals surface area contributed by atoms with E-state index in [4.69, 9.17) is 0 Å². The number of hydrogen-bond acceptors (Lipinski definition) is 2. The van der Waals surface area contributed by atoms with Gasteiger partial charge in [-0.05, 0) is 12.5 Å². The summed E-state index contributed by atoms with van der Waals surface area (Å²) in [7, 11) is 0. The van der Waals surface area contributed by atoms with Gasteiger partial charge in [-0.25, -0.2) is 0 Å². The van der Waals surface area contributed by atoms with E-state index in [9.17, 15) is 0 Å². The molecular weight excluding hydrogens is 222 g/mol. The van der Waals surface area contributed by atoms with Crippen molar-refractivity contribution in [2.24, 2.45) is 0 Å². The highest BCUT2D eigenvalue weighted by atomic mass is 15.3. The summed E-state index contributed by atoms with van der Waals surface area (Å²) in [5, 5.41) is 7.73. The van der Waals surface area contributed by atoms with E-state index < -0.39 is 0 Å².